The number of aryl methyl sites for hydroxylation is 1. The van der Waals surface area contributed by atoms with Gasteiger partial charge in [-0.25, -0.2) is 0 Å². The van der Waals surface area contributed by atoms with Crippen LogP contribution in [0.25, 0.3) is 10.2 Å². The van der Waals surface area contributed by atoms with E-state index in [-0.39, 0.29) is 10.8 Å². The van der Waals surface area contributed by atoms with Crippen LogP contribution < -0.4 is 10.2 Å². The van der Waals surface area contributed by atoms with Crippen molar-refractivity contribution in [3.63, 3.8) is 0 Å². The minimum Gasteiger partial charge on any atom is -0.325 e. The summed E-state index contributed by atoms with van der Waals surface area (Å²) >= 11 is 6.16. The highest BCUT2D eigenvalue weighted by Gasteiger charge is 2.07. The quantitative estimate of drug-likeness (QED) is 0.668. The molecule has 24 heavy (non-hydrogen) atoms. The normalized spacial score (nSPS) is 10.9. The van der Waals surface area contributed by atoms with Gasteiger partial charge in [0, 0.05) is 23.0 Å². The van der Waals surface area contributed by atoms with Crippen molar-refractivity contribution in [3.8, 4) is 0 Å². The van der Waals surface area contributed by atoms with Crippen molar-refractivity contribution in [1.82, 2.24) is 4.57 Å². The Morgan fingerprint density at radius 2 is 2.00 bits per heavy atom. The maximum Gasteiger partial charge on any atom is 0.307 e. The number of carbonyl (C=O) groups is 1. The van der Waals surface area contributed by atoms with Crippen LogP contribution in [0.2, 0.25) is 0 Å². The summed E-state index contributed by atoms with van der Waals surface area (Å²) in [5, 5.41) is 2.89. The van der Waals surface area contributed by atoms with Crippen LogP contribution in [0.15, 0.2) is 51.7 Å². The minimum atomic E-state index is -0.0419. The number of fused-ring (bicyclic) bond motifs is 1. The van der Waals surface area contributed by atoms with E-state index < -0.39 is 0 Å². The molecule has 0 saturated carbocycles. The van der Waals surface area contributed by atoms with Crippen LogP contribution in [0, 0.1) is 0 Å². The molecule has 7 heteroatoms. The second-order valence-corrected chi connectivity index (χ2v) is 8.17. The Bertz CT molecular complexity index is 932. The first-order valence-electron chi connectivity index (χ1n) is 7.24. The molecular formula is C17H15BrN2O2S2. The average molecular weight is 423 g/mol. The van der Waals surface area contributed by atoms with Crippen molar-refractivity contribution >= 4 is 60.8 Å². The van der Waals surface area contributed by atoms with E-state index in [9.17, 15) is 9.59 Å². The monoisotopic (exact) mass is 422 g/mol. The van der Waals surface area contributed by atoms with Crippen molar-refractivity contribution in [3.05, 3.63) is 62.2 Å². The summed E-state index contributed by atoms with van der Waals surface area (Å²) in [6.45, 7) is 0. The largest absolute Gasteiger partial charge is 0.325 e. The Kier molecular flexibility index (Phi) is 5.43. The van der Waals surface area contributed by atoms with Gasteiger partial charge in [0.1, 0.15) is 0 Å². The molecule has 0 aliphatic carbocycles. The maximum atomic E-state index is 12.1. The lowest BCUT2D eigenvalue weighted by molar-refractivity contribution is -0.113. The van der Waals surface area contributed by atoms with Crippen LogP contribution in [-0.4, -0.2) is 16.2 Å². The molecule has 2 aromatic carbocycles. The summed E-state index contributed by atoms with van der Waals surface area (Å²) in [4.78, 5) is 23.7. The lowest BCUT2D eigenvalue weighted by Crippen LogP contribution is -2.14. The Hall–Kier alpha value is -1.57. The van der Waals surface area contributed by atoms with E-state index in [2.05, 4.69) is 21.2 Å². The fourth-order valence-corrected chi connectivity index (χ4v) is 4.22. The zero-order valence-corrected chi connectivity index (χ0v) is 16.1. The van der Waals surface area contributed by atoms with Crippen molar-refractivity contribution in [2.75, 3.05) is 11.1 Å². The molecule has 0 radical (unpaired) electrons. The Morgan fingerprint density at radius 3 is 2.75 bits per heavy atom. The number of halogens is 1. The number of thioether (sulfide) groups is 1. The standard InChI is InChI=1S/C17H15BrN2O2S2/c1-20-14-7-6-13(8-15(14)24-17(20)22)19-16(21)10-23-9-11-2-4-12(18)5-3-11/h2-8H,9-10H2,1H3,(H,19,21). The summed E-state index contributed by atoms with van der Waals surface area (Å²) in [5.74, 6) is 1.14. The van der Waals surface area contributed by atoms with Gasteiger partial charge >= 0.3 is 4.87 Å². The summed E-state index contributed by atoms with van der Waals surface area (Å²) < 4.78 is 3.54. The molecule has 3 rings (SSSR count). The Balaban J connectivity index is 1.56. The lowest BCUT2D eigenvalue weighted by Gasteiger charge is -2.06. The van der Waals surface area contributed by atoms with Gasteiger partial charge in [0.25, 0.3) is 0 Å². The van der Waals surface area contributed by atoms with Gasteiger partial charge in [-0.3, -0.25) is 9.59 Å². The van der Waals surface area contributed by atoms with Gasteiger partial charge in [0.15, 0.2) is 0 Å². The first kappa shape index (κ1) is 17.3. The number of rotatable bonds is 5. The van der Waals surface area contributed by atoms with Gasteiger partial charge in [0.05, 0.1) is 16.0 Å². The number of benzene rings is 2. The zero-order chi connectivity index (χ0) is 17.1. The molecule has 1 heterocycles. The molecule has 0 unspecified atom stereocenters. The first-order chi connectivity index (χ1) is 11.5. The summed E-state index contributed by atoms with van der Waals surface area (Å²) in [6.07, 6.45) is 0. The van der Waals surface area contributed by atoms with E-state index in [0.29, 0.717) is 5.75 Å². The number of amides is 1. The number of aromatic nitrogens is 1. The van der Waals surface area contributed by atoms with Crippen LogP contribution >= 0.6 is 39.0 Å². The van der Waals surface area contributed by atoms with E-state index in [0.717, 1.165) is 26.1 Å². The van der Waals surface area contributed by atoms with Crippen LogP contribution in [0.5, 0.6) is 0 Å². The second kappa shape index (κ2) is 7.55. The number of hydrogen-bond donors (Lipinski definition) is 1. The molecule has 0 aliphatic rings. The molecular weight excluding hydrogens is 408 g/mol. The second-order valence-electron chi connectivity index (χ2n) is 5.28. The smallest absolute Gasteiger partial charge is 0.307 e. The van der Waals surface area contributed by atoms with Gasteiger partial charge in [-0.2, -0.15) is 0 Å². The number of nitrogens with zero attached hydrogens (tertiary/aromatic N) is 1. The molecule has 0 atom stereocenters. The molecule has 0 spiro atoms. The maximum absolute atomic E-state index is 12.1. The molecule has 1 N–H and O–H groups in total. The molecule has 124 valence electrons. The van der Waals surface area contributed by atoms with Crippen molar-refractivity contribution in [2.24, 2.45) is 7.05 Å². The first-order valence-corrected chi connectivity index (χ1v) is 10.0. The molecule has 0 aliphatic heterocycles. The average Bonchev–Trinajstić information content (AvgIpc) is 2.83. The molecule has 1 amide bonds. The number of hydrogen-bond acceptors (Lipinski definition) is 4. The summed E-state index contributed by atoms with van der Waals surface area (Å²) in [5.41, 5.74) is 2.79. The highest BCUT2D eigenvalue weighted by molar-refractivity contribution is 9.10. The lowest BCUT2D eigenvalue weighted by atomic mass is 10.2. The third kappa shape index (κ3) is 4.09. The number of thiazole rings is 1. The minimum absolute atomic E-state index is 0.00136. The molecule has 1 aromatic heterocycles. The predicted octanol–water partition coefficient (Wildman–Crippen LogP) is 4.23. The SMILES string of the molecule is Cn1c(=O)sc2cc(NC(=O)CSCc3ccc(Br)cc3)ccc21. The van der Waals surface area contributed by atoms with Gasteiger partial charge in [-0.05, 0) is 35.9 Å². The van der Waals surface area contributed by atoms with Crippen LogP contribution in [0.4, 0.5) is 5.69 Å². The molecule has 0 saturated heterocycles. The predicted molar refractivity (Wildman–Crippen MR) is 106 cm³/mol. The fourth-order valence-electron chi connectivity index (χ4n) is 2.25. The summed E-state index contributed by atoms with van der Waals surface area (Å²) in [6, 6.07) is 13.6. The van der Waals surface area contributed by atoms with E-state index in [4.69, 9.17) is 0 Å². The van der Waals surface area contributed by atoms with Crippen molar-refractivity contribution in [2.45, 2.75) is 5.75 Å². The molecule has 0 bridgehead atoms. The third-order valence-electron chi connectivity index (χ3n) is 3.49. The van der Waals surface area contributed by atoms with E-state index in [1.54, 1.807) is 23.4 Å². The van der Waals surface area contributed by atoms with E-state index in [1.165, 1.54) is 16.9 Å². The third-order valence-corrected chi connectivity index (χ3v) is 6.02. The Labute approximate surface area is 156 Å². The van der Waals surface area contributed by atoms with Crippen molar-refractivity contribution < 1.29 is 4.79 Å². The molecule has 4 nitrogen and oxygen atoms in total. The van der Waals surface area contributed by atoms with Gasteiger partial charge in [-0.15, -0.1) is 11.8 Å². The van der Waals surface area contributed by atoms with E-state index >= 15 is 0 Å². The number of nitrogens with one attached hydrogen (secondary N) is 1. The van der Waals surface area contributed by atoms with Gasteiger partial charge in [-0.1, -0.05) is 39.4 Å². The van der Waals surface area contributed by atoms with E-state index in [1.807, 2.05) is 42.5 Å². The van der Waals surface area contributed by atoms with Crippen LogP contribution in [0.3, 0.4) is 0 Å². The number of carbonyl (C=O) groups excluding carboxylic acids is 1. The Morgan fingerprint density at radius 1 is 1.25 bits per heavy atom. The van der Waals surface area contributed by atoms with Crippen LogP contribution in [-0.2, 0) is 17.6 Å². The zero-order valence-electron chi connectivity index (χ0n) is 12.9. The summed E-state index contributed by atoms with van der Waals surface area (Å²) in [7, 11) is 1.75. The number of anilines is 1. The topological polar surface area (TPSA) is 51.1 Å². The van der Waals surface area contributed by atoms with Crippen molar-refractivity contribution in [1.29, 1.82) is 0 Å². The molecule has 0 fully saturated rings. The highest BCUT2D eigenvalue weighted by atomic mass is 79.9. The highest BCUT2D eigenvalue weighted by Crippen LogP contribution is 2.21. The van der Waals surface area contributed by atoms with Gasteiger partial charge < -0.3 is 9.88 Å². The van der Waals surface area contributed by atoms with Crippen LogP contribution in [0.1, 0.15) is 5.56 Å². The molecule has 3 aromatic rings. The van der Waals surface area contributed by atoms with Gasteiger partial charge in [0.2, 0.25) is 5.91 Å². The fraction of sp³-hybridized carbons (Fsp3) is 0.176.